The van der Waals surface area contributed by atoms with Crippen molar-refractivity contribution in [3.63, 3.8) is 0 Å². The van der Waals surface area contributed by atoms with Crippen molar-refractivity contribution in [1.29, 1.82) is 0 Å². The van der Waals surface area contributed by atoms with Gasteiger partial charge in [0.1, 0.15) is 5.75 Å². The van der Waals surface area contributed by atoms with Crippen LogP contribution in [0.1, 0.15) is 12.5 Å². The molecule has 1 aromatic rings. The molecule has 1 aromatic carbocycles. The normalized spacial score (nSPS) is 14.1. The lowest BCUT2D eigenvalue weighted by molar-refractivity contribution is 0.377. The van der Waals surface area contributed by atoms with Gasteiger partial charge in [-0.05, 0) is 31.0 Å². The maximum Gasteiger partial charge on any atom is 0.118 e. The lowest BCUT2D eigenvalue weighted by Crippen LogP contribution is -2.50. The molecule has 1 atom stereocenters. The highest BCUT2D eigenvalue weighted by molar-refractivity contribution is 5.28. The van der Waals surface area contributed by atoms with E-state index < -0.39 is 0 Å². The molecule has 3 nitrogen and oxygen atoms in total. The van der Waals surface area contributed by atoms with Crippen molar-refractivity contribution in [1.82, 2.24) is 5.32 Å². The van der Waals surface area contributed by atoms with E-state index in [4.69, 9.17) is 10.5 Å². The van der Waals surface area contributed by atoms with E-state index in [0.717, 1.165) is 18.7 Å². The second-order valence-electron chi connectivity index (χ2n) is 4.46. The fourth-order valence-electron chi connectivity index (χ4n) is 1.72. The first kappa shape index (κ1) is 13.7. The molecule has 0 aromatic heterocycles. The molecule has 0 saturated heterocycles. The maximum atomic E-state index is 5.83. The van der Waals surface area contributed by atoms with Gasteiger partial charge in [-0.3, -0.25) is 0 Å². The fraction of sp³-hybridized carbons (Fsp3) is 0.429. The Bertz CT molecular complexity index is 348. The van der Waals surface area contributed by atoms with E-state index in [9.17, 15) is 0 Å². The van der Waals surface area contributed by atoms with E-state index in [2.05, 4.69) is 31.0 Å². The molecule has 0 aliphatic carbocycles. The number of hydrogen-bond acceptors (Lipinski definition) is 3. The van der Waals surface area contributed by atoms with Gasteiger partial charge in [0.2, 0.25) is 0 Å². The SMILES string of the molecule is C=CCNC(C)(CN)Cc1ccc(OC)cc1. The van der Waals surface area contributed by atoms with E-state index in [1.807, 2.05) is 18.2 Å². The second-order valence-corrected chi connectivity index (χ2v) is 4.46. The van der Waals surface area contributed by atoms with E-state index in [1.165, 1.54) is 5.56 Å². The molecule has 0 aliphatic heterocycles. The minimum Gasteiger partial charge on any atom is -0.497 e. The number of hydrogen-bond donors (Lipinski definition) is 2. The van der Waals surface area contributed by atoms with Crippen LogP contribution in [-0.4, -0.2) is 25.7 Å². The Morgan fingerprint density at radius 3 is 2.53 bits per heavy atom. The Morgan fingerprint density at radius 1 is 1.41 bits per heavy atom. The van der Waals surface area contributed by atoms with Crippen LogP contribution in [-0.2, 0) is 6.42 Å². The third-order valence-corrected chi connectivity index (χ3v) is 2.88. The van der Waals surface area contributed by atoms with Crippen LogP contribution in [0.15, 0.2) is 36.9 Å². The Balaban J connectivity index is 2.68. The molecule has 0 aliphatic rings. The number of benzene rings is 1. The highest BCUT2D eigenvalue weighted by Crippen LogP contribution is 2.16. The number of nitrogens with two attached hydrogens (primary N) is 1. The number of nitrogens with one attached hydrogen (secondary N) is 1. The van der Waals surface area contributed by atoms with Crippen LogP contribution < -0.4 is 15.8 Å². The Labute approximate surface area is 104 Å². The standard InChI is InChI=1S/C14H22N2O/c1-4-9-16-14(2,11-15)10-12-5-7-13(17-3)8-6-12/h4-8,16H,1,9-11,15H2,2-3H3. The van der Waals surface area contributed by atoms with Gasteiger partial charge in [-0.25, -0.2) is 0 Å². The van der Waals surface area contributed by atoms with Gasteiger partial charge in [0, 0.05) is 18.6 Å². The van der Waals surface area contributed by atoms with Crippen molar-refractivity contribution in [2.24, 2.45) is 5.73 Å². The summed E-state index contributed by atoms with van der Waals surface area (Å²) in [4.78, 5) is 0. The van der Waals surface area contributed by atoms with Gasteiger partial charge >= 0.3 is 0 Å². The molecule has 0 radical (unpaired) electrons. The summed E-state index contributed by atoms with van der Waals surface area (Å²) >= 11 is 0. The van der Waals surface area contributed by atoms with Crippen molar-refractivity contribution in [3.8, 4) is 5.75 Å². The predicted octanol–water partition coefficient (Wildman–Crippen LogP) is 1.73. The largest absolute Gasteiger partial charge is 0.497 e. The quantitative estimate of drug-likeness (QED) is 0.706. The van der Waals surface area contributed by atoms with Crippen LogP contribution in [0.25, 0.3) is 0 Å². The monoisotopic (exact) mass is 234 g/mol. The first-order valence-corrected chi connectivity index (χ1v) is 5.82. The van der Waals surface area contributed by atoms with Crippen molar-refractivity contribution in [2.45, 2.75) is 18.9 Å². The number of methoxy groups -OCH3 is 1. The van der Waals surface area contributed by atoms with Gasteiger partial charge in [0.25, 0.3) is 0 Å². The molecule has 0 fully saturated rings. The summed E-state index contributed by atoms with van der Waals surface area (Å²) in [6.07, 6.45) is 2.74. The zero-order valence-corrected chi connectivity index (χ0v) is 10.7. The Hall–Kier alpha value is -1.32. The molecule has 94 valence electrons. The van der Waals surface area contributed by atoms with Crippen LogP contribution in [0.5, 0.6) is 5.75 Å². The molecule has 0 saturated carbocycles. The third-order valence-electron chi connectivity index (χ3n) is 2.88. The predicted molar refractivity (Wildman–Crippen MR) is 72.4 cm³/mol. The summed E-state index contributed by atoms with van der Waals surface area (Å²) in [5.41, 5.74) is 6.98. The van der Waals surface area contributed by atoms with E-state index in [0.29, 0.717) is 6.54 Å². The van der Waals surface area contributed by atoms with Crippen molar-refractivity contribution in [2.75, 3.05) is 20.2 Å². The average molecular weight is 234 g/mol. The minimum atomic E-state index is -0.0945. The summed E-state index contributed by atoms with van der Waals surface area (Å²) in [6, 6.07) is 8.09. The smallest absolute Gasteiger partial charge is 0.118 e. The molecule has 1 unspecified atom stereocenters. The van der Waals surface area contributed by atoms with Gasteiger partial charge in [0.05, 0.1) is 7.11 Å². The average Bonchev–Trinajstić information content (AvgIpc) is 2.37. The molecule has 17 heavy (non-hydrogen) atoms. The third kappa shape index (κ3) is 4.21. The Kier molecular flexibility index (Phi) is 5.19. The molecule has 0 amide bonds. The molecule has 0 spiro atoms. The van der Waals surface area contributed by atoms with Gasteiger partial charge < -0.3 is 15.8 Å². The van der Waals surface area contributed by atoms with Crippen LogP contribution >= 0.6 is 0 Å². The first-order chi connectivity index (χ1) is 8.13. The topological polar surface area (TPSA) is 47.3 Å². The lowest BCUT2D eigenvalue weighted by atomic mass is 9.93. The number of rotatable bonds is 7. The second kappa shape index (κ2) is 6.42. The maximum absolute atomic E-state index is 5.83. The summed E-state index contributed by atoms with van der Waals surface area (Å²) in [7, 11) is 1.67. The molecule has 3 N–H and O–H groups in total. The highest BCUT2D eigenvalue weighted by atomic mass is 16.5. The summed E-state index contributed by atoms with van der Waals surface area (Å²) in [6.45, 7) is 7.19. The molecular weight excluding hydrogens is 212 g/mol. The van der Waals surface area contributed by atoms with Crippen LogP contribution in [0, 0.1) is 0 Å². The highest BCUT2D eigenvalue weighted by Gasteiger charge is 2.21. The molecule has 0 heterocycles. The minimum absolute atomic E-state index is 0.0945. The van der Waals surface area contributed by atoms with Crippen molar-refractivity contribution >= 4 is 0 Å². The van der Waals surface area contributed by atoms with Crippen LogP contribution in [0.3, 0.4) is 0 Å². The molecule has 0 bridgehead atoms. The molecular formula is C14H22N2O. The summed E-state index contributed by atoms with van der Waals surface area (Å²) in [5, 5.41) is 3.40. The van der Waals surface area contributed by atoms with E-state index >= 15 is 0 Å². The van der Waals surface area contributed by atoms with Gasteiger partial charge in [-0.2, -0.15) is 0 Å². The van der Waals surface area contributed by atoms with E-state index in [-0.39, 0.29) is 5.54 Å². The van der Waals surface area contributed by atoms with Crippen LogP contribution in [0.2, 0.25) is 0 Å². The first-order valence-electron chi connectivity index (χ1n) is 5.82. The zero-order valence-electron chi connectivity index (χ0n) is 10.7. The van der Waals surface area contributed by atoms with Crippen molar-refractivity contribution in [3.05, 3.63) is 42.5 Å². The van der Waals surface area contributed by atoms with E-state index in [1.54, 1.807) is 7.11 Å². The van der Waals surface area contributed by atoms with Crippen molar-refractivity contribution < 1.29 is 4.74 Å². The molecule has 3 heteroatoms. The lowest BCUT2D eigenvalue weighted by Gasteiger charge is -2.29. The zero-order chi connectivity index (χ0) is 12.7. The fourth-order valence-corrected chi connectivity index (χ4v) is 1.72. The summed E-state index contributed by atoms with van der Waals surface area (Å²) < 4.78 is 5.14. The van der Waals surface area contributed by atoms with Gasteiger partial charge in [-0.15, -0.1) is 6.58 Å². The Morgan fingerprint density at radius 2 is 2.06 bits per heavy atom. The van der Waals surface area contributed by atoms with Gasteiger partial charge in [-0.1, -0.05) is 18.2 Å². The van der Waals surface area contributed by atoms with Crippen LogP contribution in [0.4, 0.5) is 0 Å². The number of ether oxygens (including phenoxy) is 1. The molecule has 1 rings (SSSR count). The van der Waals surface area contributed by atoms with Gasteiger partial charge in [0.15, 0.2) is 0 Å². The summed E-state index contributed by atoms with van der Waals surface area (Å²) in [5.74, 6) is 0.877.